The monoisotopic (exact) mass is 236 g/mol. The molecular weight excluding hydrogens is 230 g/mol. The topological polar surface area (TPSA) is 173 Å². The number of hydrogen-bond acceptors (Lipinski definition) is 3. The van der Waals surface area contributed by atoms with Crippen LogP contribution in [0.4, 0.5) is 0 Å². The van der Waals surface area contributed by atoms with Crippen molar-refractivity contribution in [1.29, 1.82) is 0 Å². The van der Waals surface area contributed by atoms with Gasteiger partial charge in [0.2, 0.25) is 0 Å². The fourth-order valence-electron chi connectivity index (χ4n) is 0. The molecule has 0 aromatic rings. The maximum atomic E-state index is 8.88. The van der Waals surface area contributed by atoms with E-state index in [4.69, 9.17) is 41.3 Å². The van der Waals surface area contributed by atoms with Crippen LogP contribution in [0.1, 0.15) is 0 Å². The Hall–Kier alpha value is -0.141. The molecule has 0 aliphatic rings. The SMILES string of the molecule is O=P(O)(O)O.O=[Si](O)O.[O]=[Al][OH]. The van der Waals surface area contributed by atoms with Crippen molar-refractivity contribution in [3.8, 4) is 0 Å². The van der Waals surface area contributed by atoms with Crippen LogP contribution in [-0.2, 0) is 12.8 Å². The van der Waals surface area contributed by atoms with Crippen LogP contribution in [0.5, 0.6) is 0 Å². The molecule has 0 rings (SSSR count). The summed E-state index contributed by atoms with van der Waals surface area (Å²) >= 11 is -1.50. The zero-order chi connectivity index (χ0) is 10.8. The number of rotatable bonds is 0. The molecule has 0 heterocycles. The molecule has 12 heteroatoms. The molecule has 12 heavy (non-hydrogen) atoms. The van der Waals surface area contributed by atoms with Crippen molar-refractivity contribution in [2.45, 2.75) is 0 Å². The van der Waals surface area contributed by atoms with Gasteiger partial charge in [-0.15, -0.1) is 0 Å². The quantitative estimate of drug-likeness (QED) is 0.183. The third kappa shape index (κ3) is 39100. The molecule has 0 spiro atoms. The molecule has 0 aromatic heterocycles. The van der Waals surface area contributed by atoms with Crippen LogP contribution in [-0.4, -0.2) is 53.1 Å². The predicted octanol–water partition coefficient (Wildman–Crippen LogP) is -3.60. The molecule has 0 saturated carbocycles. The molecule has 0 saturated heterocycles. The molecule has 0 aliphatic carbocycles. The predicted molar refractivity (Wildman–Crippen MR) is 33.8 cm³/mol. The second-order valence-electron chi connectivity index (χ2n) is 0.901. The second kappa shape index (κ2) is 10.9. The molecule has 0 fully saturated rings. The Labute approximate surface area is 74.3 Å². The molecule has 72 valence electrons. The Kier molecular flexibility index (Phi) is 16.1. The average molecular weight is 236 g/mol. The van der Waals surface area contributed by atoms with Gasteiger partial charge in [-0.2, -0.15) is 0 Å². The van der Waals surface area contributed by atoms with E-state index in [0.717, 1.165) is 0 Å². The summed E-state index contributed by atoms with van der Waals surface area (Å²) in [6.45, 7) is 0. The van der Waals surface area contributed by atoms with Crippen molar-refractivity contribution >= 4 is 32.5 Å². The van der Waals surface area contributed by atoms with E-state index in [-0.39, 0.29) is 0 Å². The molecule has 6 N–H and O–H groups in total. The third-order valence-electron chi connectivity index (χ3n) is 0. The van der Waals surface area contributed by atoms with E-state index >= 15 is 0 Å². The summed E-state index contributed by atoms with van der Waals surface area (Å²) in [5.41, 5.74) is 0. The van der Waals surface area contributed by atoms with Gasteiger partial charge in [0, 0.05) is 0 Å². The van der Waals surface area contributed by atoms with Gasteiger partial charge in [-0.1, -0.05) is 0 Å². The zero-order valence-corrected chi connectivity index (χ0v) is 8.48. The van der Waals surface area contributed by atoms with Gasteiger partial charge in [0.15, 0.2) is 0 Å². The Balaban J connectivity index is -0.000000105. The standard InChI is InChI=1S/Al.H3O4P.H2O3Si.H2O.O/c;1-5(2,3)4;1-4(2)3;;/h;(H3,1,2,3,4);1-2H;1H2;/q+1;;;;/p-1. The van der Waals surface area contributed by atoms with E-state index in [1.54, 1.807) is 0 Å². The minimum atomic E-state index is -4.64. The van der Waals surface area contributed by atoms with E-state index in [1.807, 2.05) is 0 Å². The van der Waals surface area contributed by atoms with Crippen LogP contribution in [0, 0.1) is 0 Å². The maximum absolute atomic E-state index is 8.88. The van der Waals surface area contributed by atoms with E-state index in [9.17, 15) is 0 Å². The van der Waals surface area contributed by atoms with Gasteiger partial charge >= 0.3 is 40.4 Å². The van der Waals surface area contributed by atoms with Crippen LogP contribution in [0.2, 0.25) is 0 Å². The van der Waals surface area contributed by atoms with Gasteiger partial charge in [0.25, 0.3) is 0 Å². The summed E-state index contributed by atoms with van der Waals surface area (Å²) in [6, 6.07) is 0. The molecule has 9 nitrogen and oxygen atoms in total. The first kappa shape index (κ1) is 17.8. The molecular formula is H6AlO9PSi. The zero-order valence-electron chi connectivity index (χ0n) is 5.43. The van der Waals surface area contributed by atoms with Crippen molar-refractivity contribution in [2.24, 2.45) is 0 Å². The molecule has 0 unspecified atom stereocenters. The van der Waals surface area contributed by atoms with E-state index in [0.29, 0.717) is 0 Å². The van der Waals surface area contributed by atoms with E-state index in [1.165, 1.54) is 0 Å². The molecule has 0 aliphatic heterocycles. The Morgan fingerprint density at radius 3 is 1.17 bits per heavy atom. The van der Waals surface area contributed by atoms with Gasteiger partial charge in [0.05, 0.1) is 0 Å². The third-order valence-corrected chi connectivity index (χ3v) is 0. The van der Waals surface area contributed by atoms with Crippen LogP contribution in [0.3, 0.4) is 0 Å². The first-order valence-corrected chi connectivity index (χ1v) is 5.78. The van der Waals surface area contributed by atoms with Crippen LogP contribution >= 0.6 is 7.82 Å². The summed E-state index contributed by atoms with van der Waals surface area (Å²) in [7, 11) is -7.77. The molecule has 0 radical (unpaired) electrons. The summed E-state index contributed by atoms with van der Waals surface area (Å²) in [5.74, 6) is 0. The van der Waals surface area contributed by atoms with Crippen molar-refractivity contribution < 1.29 is 41.3 Å². The molecule has 0 bridgehead atoms. The summed E-state index contributed by atoms with van der Waals surface area (Å²) in [5, 5.41) is 0. The fourth-order valence-corrected chi connectivity index (χ4v) is 0. The van der Waals surface area contributed by atoms with E-state index < -0.39 is 32.5 Å². The second-order valence-corrected chi connectivity index (χ2v) is 2.70. The van der Waals surface area contributed by atoms with E-state index in [2.05, 4.69) is 0 Å². The fraction of sp³-hybridized carbons (Fsp3) is 0. The van der Waals surface area contributed by atoms with Crippen molar-refractivity contribution in [3.05, 3.63) is 0 Å². The van der Waals surface area contributed by atoms with Gasteiger partial charge < -0.3 is 24.3 Å². The van der Waals surface area contributed by atoms with Crippen molar-refractivity contribution in [1.82, 2.24) is 0 Å². The van der Waals surface area contributed by atoms with Crippen LogP contribution < -0.4 is 0 Å². The van der Waals surface area contributed by atoms with Crippen LogP contribution in [0.25, 0.3) is 0 Å². The normalized spacial score (nSPS) is 7.58. The molecule has 0 amide bonds. The number of phosphoric acid groups is 1. The first-order valence-electron chi connectivity index (χ1n) is 1.93. The van der Waals surface area contributed by atoms with Gasteiger partial charge in [-0.3, -0.25) is 4.46 Å². The average Bonchev–Trinajstić information content (AvgIpc) is 1.56. The summed E-state index contributed by atoms with van der Waals surface area (Å²) < 4.78 is 33.3. The summed E-state index contributed by atoms with van der Waals surface area (Å²) in [6.07, 6.45) is 0. The first-order chi connectivity index (χ1) is 5.15. The van der Waals surface area contributed by atoms with Crippen molar-refractivity contribution in [2.75, 3.05) is 0 Å². The van der Waals surface area contributed by atoms with Gasteiger partial charge in [-0.05, 0) is 0 Å². The number of hydrogen-bond donors (Lipinski definition) is 6. The molecule has 0 atom stereocenters. The Bertz CT molecular complexity index is 146. The Morgan fingerprint density at radius 1 is 1.17 bits per heavy atom. The van der Waals surface area contributed by atoms with Gasteiger partial charge in [-0.25, -0.2) is 4.57 Å². The Morgan fingerprint density at radius 2 is 1.17 bits per heavy atom. The van der Waals surface area contributed by atoms with Crippen LogP contribution in [0.15, 0.2) is 0 Å². The minimum absolute atomic E-state index is 1.50. The molecule has 0 aromatic carbocycles. The van der Waals surface area contributed by atoms with Crippen molar-refractivity contribution in [3.63, 3.8) is 0 Å². The van der Waals surface area contributed by atoms with Gasteiger partial charge in [0.1, 0.15) is 0 Å². The summed E-state index contributed by atoms with van der Waals surface area (Å²) in [4.78, 5) is 35.9.